The third kappa shape index (κ3) is 4.08. The van der Waals surface area contributed by atoms with Gasteiger partial charge in [-0.3, -0.25) is 4.90 Å². The lowest BCUT2D eigenvalue weighted by atomic mass is 10.1. The fourth-order valence-electron chi connectivity index (χ4n) is 3.50. The van der Waals surface area contributed by atoms with Crippen molar-refractivity contribution in [3.05, 3.63) is 74.6 Å². The van der Waals surface area contributed by atoms with Crippen LogP contribution in [0.2, 0.25) is 0 Å². The number of hydrogen-bond donors (Lipinski definition) is 1. The van der Waals surface area contributed by atoms with Gasteiger partial charge in [0.05, 0.1) is 6.61 Å². The van der Waals surface area contributed by atoms with Gasteiger partial charge in [0.2, 0.25) is 0 Å². The molecule has 4 rings (SSSR count). The number of piperazine rings is 1. The van der Waals surface area contributed by atoms with E-state index in [1.54, 1.807) is 0 Å². The number of aliphatic hydroxyl groups is 1. The third-order valence-corrected chi connectivity index (χ3v) is 5.77. The molecule has 1 saturated heterocycles. The van der Waals surface area contributed by atoms with Gasteiger partial charge in [0.15, 0.2) is 0 Å². The van der Waals surface area contributed by atoms with E-state index in [0.717, 1.165) is 48.1 Å². The summed E-state index contributed by atoms with van der Waals surface area (Å²) in [6.45, 7) is 4.84. The Morgan fingerprint density at radius 3 is 2.56 bits per heavy atom. The molecule has 5 nitrogen and oxygen atoms in total. The SMILES string of the molecule is O=c1ccc2cc(CN3CCN(c4ccc(CO)c(Br)c4)CC3)ccc2o1. The number of benzene rings is 2. The van der Waals surface area contributed by atoms with E-state index >= 15 is 0 Å². The average molecular weight is 429 g/mol. The Bertz CT molecular complexity index is 1010. The Balaban J connectivity index is 1.40. The van der Waals surface area contributed by atoms with Crippen molar-refractivity contribution < 1.29 is 9.52 Å². The Hall–Kier alpha value is -2.15. The Kier molecular flexibility index (Phi) is 5.29. The summed E-state index contributed by atoms with van der Waals surface area (Å²) in [5.74, 6) is 0. The first-order chi connectivity index (χ1) is 13.1. The quantitative estimate of drug-likeness (QED) is 0.645. The molecule has 1 N–H and O–H groups in total. The Morgan fingerprint density at radius 1 is 1.00 bits per heavy atom. The Labute approximate surface area is 166 Å². The largest absolute Gasteiger partial charge is 0.423 e. The molecule has 0 unspecified atom stereocenters. The fourth-order valence-corrected chi connectivity index (χ4v) is 4.00. The number of halogens is 1. The van der Waals surface area contributed by atoms with Crippen LogP contribution in [0.4, 0.5) is 5.69 Å². The molecule has 0 radical (unpaired) electrons. The molecule has 2 heterocycles. The van der Waals surface area contributed by atoms with Crippen molar-refractivity contribution in [2.75, 3.05) is 31.1 Å². The molecular formula is C21H21BrN2O3. The molecule has 3 aromatic rings. The third-order valence-electron chi connectivity index (χ3n) is 5.03. The molecule has 1 aromatic heterocycles. The van der Waals surface area contributed by atoms with Crippen molar-refractivity contribution in [1.29, 1.82) is 0 Å². The van der Waals surface area contributed by atoms with Gasteiger partial charge >= 0.3 is 5.63 Å². The highest BCUT2D eigenvalue weighted by molar-refractivity contribution is 9.10. The van der Waals surface area contributed by atoms with Crippen molar-refractivity contribution in [2.45, 2.75) is 13.2 Å². The molecule has 1 aliphatic heterocycles. The van der Waals surface area contributed by atoms with Crippen LogP contribution in [-0.2, 0) is 13.2 Å². The second-order valence-corrected chi connectivity index (χ2v) is 7.68. The first kappa shape index (κ1) is 18.2. The highest BCUT2D eigenvalue weighted by atomic mass is 79.9. The summed E-state index contributed by atoms with van der Waals surface area (Å²) in [5, 5.41) is 10.3. The van der Waals surface area contributed by atoms with E-state index in [2.05, 4.69) is 43.9 Å². The van der Waals surface area contributed by atoms with Gasteiger partial charge in [-0.05, 0) is 41.5 Å². The monoisotopic (exact) mass is 428 g/mol. The van der Waals surface area contributed by atoms with Crippen molar-refractivity contribution in [3.63, 3.8) is 0 Å². The summed E-state index contributed by atoms with van der Waals surface area (Å²) < 4.78 is 6.15. The lowest BCUT2D eigenvalue weighted by Crippen LogP contribution is -2.46. The molecule has 0 spiro atoms. The van der Waals surface area contributed by atoms with E-state index in [1.165, 1.54) is 17.3 Å². The second kappa shape index (κ2) is 7.84. The first-order valence-corrected chi connectivity index (χ1v) is 9.81. The molecule has 1 fully saturated rings. The van der Waals surface area contributed by atoms with Gasteiger partial charge in [-0.15, -0.1) is 0 Å². The maximum absolute atomic E-state index is 11.3. The molecule has 0 aliphatic carbocycles. The molecule has 2 aromatic carbocycles. The van der Waals surface area contributed by atoms with E-state index in [-0.39, 0.29) is 12.2 Å². The number of nitrogens with zero attached hydrogens (tertiary/aromatic N) is 2. The van der Waals surface area contributed by atoms with Gasteiger partial charge in [0, 0.05) is 54.3 Å². The van der Waals surface area contributed by atoms with Crippen molar-refractivity contribution in [1.82, 2.24) is 4.90 Å². The second-order valence-electron chi connectivity index (χ2n) is 6.82. The van der Waals surface area contributed by atoms with Crippen LogP contribution in [0, 0.1) is 0 Å². The van der Waals surface area contributed by atoms with Gasteiger partial charge in [-0.1, -0.05) is 28.1 Å². The van der Waals surface area contributed by atoms with Crippen LogP contribution in [0.3, 0.4) is 0 Å². The van der Waals surface area contributed by atoms with E-state index < -0.39 is 0 Å². The molecule has 0 amide bonds. The minimum absolute atomic E-state index is 0.0454. The lowest BCUT2D eigenvalue weighted by Gasteiger charge is -2.36. The Morgan fingerprint density at radius 2 is 1.81 bits per heavy atom. The number of fused-ring (bicyclic) bond motifs is 1. The first-order valence-electron chi connectivity index (χ1n) is 9.02. The van der Waals surface area contributed by atoms with Crippen LogP contribution in [0.15, 0.2) is 62.2 Å². The van der Waals surface area contributed by atoms with E-state index in [4.69, 9.17) is 4.42 Å². The summed E-state index contributed by atoms with van der Waals surface area (Å²) in [6.07, 6.45) is 0. The average Bonchev–Trinajstić information content (AvgIpc) is 2.68. The molecule has 140 valence electrons. The smallest absolute Gasteiger partial charge is 0.336 e. The van der Waals surface area contributed by atoms with Crippen LogP contribution in [-0.4, -0.2) is 36.2 Å². The zero-order valence-electron chi connectivity index (χ0n) is 14.9. The zero-order chi connectivity index (χ0) is 18.8. The predicted octanol–water partition coefficient (Wildman–Crippen LogP) is 3.37. The fraction of sp³-hybridized carbons (Fsp3) is 0.286. The molecule has 1 aliphatic rings. The van der Waals surface area contributed by atoms with Gasteiger partial charge < -0.3 is 14.4 Å². The van der Waals surface area contributed by atoms with Crippen molar-refractivity contribution >= 4 is 32.6 Å². The zero-order valence-corrected chi connectivity index (χ0v) is 16.5. The van der Waals surface area contributed by atoms with E-state index in [1.807, 2.05) is 24.3 Å². The number of hydrogen-bond acceptors (Lipinski definition) is 5. The van der Waals surface area contributed by atoms with E-state index in [0.29, 0.717) is 5.58 Å². The topological polar surface area (TPSA) is 56.9 Å². The molecule has 0 bridgehead atoms. The minimum Gasteiger partial charge on any atom is -0.423 e. The van der Waals surface area contributed by atoms with Crippen LogP contribution in [0.5, 0.6) is 0 Å². The molecule has 27 heavy (non-hydrogen) atoms. The molecule has 6 heteroatoms. The van der Waals surface area contributed by atoms with Gasteiger partial charge in [0.25, 0.3) is 0 Å². The summed E-state index contributed by atoms with van der Waals surface area (Å²) in [6, 6.07) is 15.4. The van der Waals surface area contributed by atoms with Crippen LogP contribution in [0.25, 0.3) is 11.0 Å². The number of rotatable bonds is 4. The maximum atomic E-state index is 11.3. The number of aliphatic hydroxyl groups excluding tert-OH is 1. The standard InChI is InChI=1S/C21H21BrN2O3/c22-19-12-18(4-2-17(19)14-25)24-9-7-23(8-10-24)13-15-1-5-20-16(11-15)3-6-21(26)27-20/h1-6,11-12,25H,7-10,13-14H2. The highest BCUT2D eigenvalue weighted by Crippen LogP contribution is 2.25. The summed E-state index contributed by atoms with van der Waals surface area (Å²) in [5.41, 5.74) is 3.63. The lowest BCUT2D eigenvalue weighted by molar-refractivity contribution is 0.250. The van der Waals surface area contributed by atoms with Crippen molar-refractivity contribution in [3.8, 4) is 0 Å². The van der Waals surface area contributed by atoms with Crippen LogP contribution >= 0.6 is 15.9 Å². The molecule has 0 atom stereocenters. The van der Waals surface area contributed by atoms with Gasteiger partial charge in [-0.25, -0.2) is 4.79 Å². The predicted molar refractivity (Wildman–Crippen MR) is 110 cm³/mol. The molecule has 0 saturated carbocycles. The van der Waals surface area contributed by atoms with Crippen LogP contribution in [0.1, 0.15) is 11.1 Å². The summed E-state index contributed by atoms with van der Waals surface area (Å²) in [7, 11) is 0. The normalized spacial score (nSPS) is 15.4. The highest BCUT2D eigenvalue weighted by Gasteiger charge is 2.18. The summed E-state index contributed by atoms with van der Waals surface area (Å²) >= 11 is 3.53. The maximum Gasteiger partial charge on any atom is 0.336 e. The number of anilines is 1. The summed E-state index contributed by atoms with van der Waals surface area (Å²) in [4.78, 5) is 16.1. The van der Waals surface area contributed by atoms with Gasteiger partial charge in [-0.2, -0.15) is 0 Å². The minimum atomic E-state index is -0.315. The molecular weight excluding hydrogens is 408 g/mol. The van der Waals surface area contributed by atoms with Gasteiger partial charge in [0.1, 0.15) is 5.58 Å². The van der Waals surface area contributed by atoms with E-state index in [9.17, 15) is 9.90 Å². The van der Waals surface area contributed by atoms with Crippen molar-refractivity contribution in [2.24, 2.45) is 0 Å². The van der Waals surface area contributed by atoms with Crippen LogP contribution < -0.4 is 10.5 Å².